The summed E-state index contributed by atoms with van der Waals surface area (Å²) in [5.74, 6) is -2.13. The van der Waals surface area contributed by atoms with Gasteiger partial charge in [-0.15, -0.1) is 12.6 Å². The molecular weight excluding hydrogens is 213 g/mol. The fraction of sp³-hybridized carbons (Fsp3) is 0. The molecule has 1 aromatic carbocycles. The molecule has 0 atom stereocenters. The Kier molecular flexibility index (Phi) is 2.62. The molecule has 0 radical (unpaired) electrons. The maximum Gasteiger partial charge on any atom is 0.173 e. The summed E-state index contributed by atoms with van der Waals surface area (Å²) in [5, 5.41) is -0.121. The van der Waals surface area contributed by atoms with E-state index in [9.17, 15) is 8.78 Å². The predicted molar refractivity (Wildman–Crippen MR) is 43.6 cm³/mol. The first-order chi connectivity index (χ1) is 5.04. The summed E-state index contributed by atoms with van der Waals surface area (Å²) in [6, 6.07) is 0.805. The fourth-order valence-electron chi connectivity index (χ4n) is 0.561. The van der Waals surface area contributed by atoms with E-state index in [2.05, 4.69) is 12.6 Å². The highest BCUT2D eigenvalue weighted by atomic mass is 35.5. The van der Waals surface area contributed by atoms with E-state index in [0.29, 0.717) is 0 Å². The van der Waals surface area contributed by atoms with Crippen LogP contribution in [0, 0.1) is 11.6 Å². The summed E-state index contributed by atoms with van der Waals surface area (Å²) in [6.07, 6.45) is 0. The molecular formula is C6H2Cl2F2S. The van der Waals surface area contributed by atoms with Crippen LogP contribution in [0.25, 0.3) is 0 Å². The van der Waals surface area contributed by atoms with Gasteiger partial charge in [0.2, 0.25) is 0 Å². The third kappa shape index (κ3) is 1.60. The van der Waals surface area contributed by atoms with Crippen molar-refractivity contribution in [3.05, 3.63) is 27.7 Å². The van der Waals surface area contributed by atoms with E-state index in [1.54, 1.807) is 0 Å². The third-order valence-electron chi connectivity index (χ3n) is 1.09. The van der Waals surface area contributed by atoms with Crippen molar-refractivity contribution in [2.75, 3.05) is 0 Å². The molecule has 0 aliphatic rings. The first kappa shape index (κ1) is 9.10. The molecule has 0 saturated heterocycles. The first-order valence-corrected chi connectivity index (χ1v) is 3.76. The van der Waals surface area contributed by atoms with Gasteiger partial charge in [-0.1, -0.05) is 23.2 Å². The molecule has 1 aromatic rings. The number of rotatable bonds is 0. The summed E-state index contributed by atoms with van der Waals surface area (Å²) in [4.78, 5) is -0.267. The Morgan fingerprint density at radius 3 is 2.36 bits per heavy atom. The van der Waals surface area contributed by atoms with Crippen molar-refractivity contribution in [2.45, 2.75) is 4.90 Å². The molecule has 0 heterocycles. The van der Waals surface area contributed by atoms with Gasteiger partial charge in [0.1, 0.15) is 0 Å². The molecule has 0 saturated carbocycles. The summed E-state index contributed by atoms with van der Waals surface area (Å²) in [7, 11) is 0. The van der Waals surface area contributed by atoms with Crippen LogP contribution < -0.4 is 0 Å². The maximum atomic E-state index is 12.6. The summed E-state index contributed by atoms with van der Waals surface area (Å²) < 4.78 is 25.0. The Labute approximate surface area is 77.5 Å². The van der Waals surface area contributed by atoms with Crippen LogP contribution in [0.3, 0.4) is 0 Å². The van der Waals surface area contributed by atoms with Gasteiger partial charge in [0.25, 0.3) is 0 Å². The van der Waals surface area contributed by atoms with E-state index in [-0.39, 0.29) is 14.9 Å². The molecule has 0 aliphatic heterocycles. The molecule has 1 rings (SSSR count). The summed E-state index contributed by atoms with van der Waals surface area (Å²) >= 11 is 14.5. The topological polar surface area (TPSA) is 0 Å². The van der Waals surface area contributed by atoms with Crippen molar-refractivity contribution in [1.82, 2.24) is 0 Å². The SMILES string of the molecule is Fc1cc(Cl)c(Cl)c(S)c1F. The van der Waals surface area contributed by atoms with Crippen LogP contribution >= 0.6 is 35.8 Å². The van der Waals surface area contributed by atoms with Crippen LogP contribution in [0.1, 0.15) is 0 Å². The second kappa shape index (κ2) is 3.17. The van der Waals surface area contributed by atoms with Gasteiger partial charge in [-0.2, -0.15) is 0 Å². The summed E-state index contributed by atoms with van der Waals surface area (Å²) in [5.41, 5.74) is 0. The highest BCUT2D eigenvalue weighted by Crippen LogP contribution is 2.31. The average molecular weight is 215 g/mol. The predicted octanol–water partition coefficient (Wildman–Crippen LogP) is 3.56. The lowest BCUT2D eigenvalue weighted by molar-refractivity contribution is 0.492. The number of halogens is 4. The van der Waals surface area contributed by atoms with Crippen molar-refractivity contribution < 1.29 is 8.78 Å². The smallest absolute Gasteiger partial charge is 0.173 e. The lowest BCUT2D eigenvalue weighted by Gasteiger charge is -2.01. The zero-order chi connectivity index (χ0) is 8.59. The lowest BCUT2D eigenvalue weighted by Crippen LogP contribution is -1.87. The Morgan fingerprint density at radius 2 is 1.82 bits per heavy atom. The van der Waals surface area contributed by atoms with Crippen LogP contribution in [-0.4, -0.2) is 0 Å². The number of hydrogen-bond acceptors (Lipinski definition) is 1. The van der Waals surface area contributed by atoms with E-state index >= 15 is 0 Å². The monoisotopic (exact) mass is 214 g/mol. The van der Waals surface area contributed by atoms with Gasteiger partial charge in [0, 0.05) is 0 Å². The third-order valence-corrected chi connectivity index (χ3v) is 2.43. The Balaban J connectivity index is 3.46. The molecule has 0 amide bonds. The van der Waals surface area contributed by atoms with Crippen molar-refractivity contribution in [3.63, 3.8) is 0 Å². The highest BCUT2D eigenvalue weighted by Gasteiger charge is 2.12. The molecule has 0 fully saturated rings. The standard InChI is InChI=1S/C6H2Cl2F2S/c7-2-1-3(9)5(10)6(11)4(2)8/h1,11H. The van der Waals surface area contributed by atoms with E-state index in [0.717, 1.165) is 6.07 Å². The molecule has 11 heavy (non-hydrogen) atoms. The van der Waals surface area contributed by atoms with Gasteiger partial charge in [-0.05, 0) is 6.07 Å². The molecule has 60 valence electrons. The number of benzene rings is 1. The van der Waals surface area contributed by atoms with Gasteiger partial charge in [-0.3, -0.25) is 0 Å². The second-order valence-corrected chi connectivity index (χ2v) is 3.05. The molecule has 0 N–H and O–H groups in total. The van der Waals surface area contributed by atoms with Gasteiger partial charge >= 0.3 is 0 Å². The average Bonchev–Trinajstić information content (AvgIpc) is 1.97. The fourth-order valence-corrected chi connectivity index (χ4v) is 1.18. The first-order valence-electron chi connectivity index (χ1n) is 2.56. The lowest BCUT2D eigenvalue weighted by atomic mass is 10.3. The van der Waals surface area contributed by atoms with Crippen molar-refractivity contribution in [3.8, 4) is 0 Å². The van der Waals surface area contributed by atoms with Crippen LogP contribution in [0.4, 0.5) is 8.78 Å². The molecule has 0 aliphatic carbocycles. The largest absolute Gasteiger partial charge is 0.204 e. The molecule has 0 unspecified atom stereocenters. The quantitative estimate of drug-likeness (QED) is 0.496. The van der Waals surface area contributed by atoms with E-state index in [4.69, 9.17) is 23.2 Å². The van der Waals surface area contributed by atoms with Crippen LogP contribution in [0.2, 0.25) is 10.0 Å². The van der Waals surface area contributed by atoms with Gasteiger partial charge < -0.3 is 0 Å². The minimum atomic E-state index is -1.08. The summed E-state index contributed by atoms with van der Waals surface area (Å²) in [6.45, 7) is 0. The molecule has 5 heteroatoms. The van der Waals surface area contributed by atoms with E-state index < -0.39 is 11.6 Å². The van der Waals surface area contributed by atoms with Gasteiger partial charge in [-0.25, -0.2) is 8.78 Å². The molecule has 0 nitrogen and oxygen atoms in total. The van der Waals surface area contributed by atoms with Gasteiger partial charge in [0.15, 0.2) is 11.6 Å². The Morgan fingerprint density at radius 1 is 1.27 bits per heavy atom. The van der Waals surface area contributed by atoms with Gasteiger partial charge in [0.05, 0.1) is 14.9 Å². The van der Waals surface area contributed by atoms with Crippen LogP contribution in [0.5, 0.6) is 0 Å². The molecule has 0 bridgehead atoms. The van der Waals surface area contributed by atoms with Crippen molar-refractivity contribution in [2.24, 2.45) is 0 Å². The van der Waals surface area contributed by atoms with Crippen LogP contribution in [-0.2, 0) is 0 Å². The second-order valence-electron chi connectivity index (χ2n) is 1.82. The minimum Gasteiger partial charge on any atom is -0.204 e. The Hall–Kier alpha value is 0.01000. The van der Waals surface area contributed by atoms with Crippen LogP contribution in [0.15, 0.2) is 11.0 Å². The zero-order valence-corrected chi connectivity index (χ0v) is 7.44. The maximum absolute atomic E-state index is 12.6. The number of thiol groups is 1. The minimum absolute atomic E-state index is 0.0458. The van der Waals surface area contributed by atoms with Crippen molar-refractivity contribution in [1.29, 1.82) is 0 Å². The van der Waals surface area contributed by atoms with E-state index in [1.165, 1.54) is 0 Å². The number of hydrogen-bond donors (Lipinski definition) is 1. The Bertz CT molecular complexity index is 275. The van der Waals surface area contributed by atoms with E-state index in [1.807, 2.05) is 0 Å². The van der Waals surface area contributed by atoms with Crippen molar-refractivity contribution >= 4 is 35.8 Å². The molecule has 0 spiro atoms. The zero-order valence-electron chi connectivity index (χ0n) is 5.04. The highest BCUT2D eigenvalue weighted by molar-refractivity contribution is 7.80. The normalized spacial score (nSPS) is 10.3. The molecule has 0 aromatic heterocycles.